The number of rotatable bonds is 4. The molecule has 1 aliphatic heterocycles. The minimum absolute atomic E-state index is 0.158. The number of carbonyl (C=O) groups is 1. The Balaban J connectivity index is 1.79. The standard InChI is InChI=1S/C19H29N5O/c1-12-10-13(2)24(20-12)11-17-8-7-9-23(17)19(25)14(3)18-15(4)21-22(6)16(18)5/h10,14,17H,7-9,11H2,1-6H3/t14-,17+/m0/s1. The molecule has 2 aromatic heterocycles. The lowest BCUT2D eigenvalue weighted by molar-refractivity contribution is -0.133. The average Bonchev–Trinajstić information content (AvgIpc) is 3.19. The summed E-state index contributed by atoms with van der Waals surface area (Å²) in [5.74, 6) is 0.0537. The third-order valence-corrected chi connectivity index (χ3v) is 5.52. The molecule has 0 spiro atoms. The van der Waals surface area contributed by atoms with Crippen LogP contribution in [0, 0.1) is 27.7 Å². The summed E-state index contributed by atoms with van der Waals surface area (Å²) in [6.45, 7) is 11.7. The molecule has 6 nitrogen and oxygen atoms in total. The van der Waals surface area contributed by atoms with Gasteiger partial charge in [-0.15, -0.1) is 0 Å². The molecule has 3 heterocycles. The first kappa shape index (κ1) is 17.7. The molecule has 0 aromatic carbocycles. The molecule has 2 atom stereocenters. The van der Waals surface area contributed by atoms with Crippen LogP contribution in [0.15, 0.2) is 6.07 Å². The highest BCUT2D eigenvalue weighted by Crippen LogP contribution is 2.29. The zero-order valence-corrected chi connectivity index (χ0v) is 16.2. The van der Waals surface area contributed by atoms with Gasteiger partial charge >= 0.3 is 0 Å². The second-order valence-electron chi connectivity index (χ2n) is 7.37. The van der Waals surface area contributed by atoms with Crippen molar-refractivity contribution in [2.75, 3.05) is 6.54 Å². The molecule has 2 aromatic rings. The van der Waals surface area contributed by atoms with Crippen LogP contribution in [0.3, 0.4) is 0 Å². The van der Waals surface area contributed by atoms with Crippen molar-refractivity contribution in [3.63, 3.8) is 0 Å². The van der Waals surface area contributed by atoms with E-state index in [1.54, 1.807) is 0 Å². The number of aromatic nitrogens is 4. The van der Waals surface area contributed by atoms with Crippen molar-refractivity contribution in [2.45, 2.75) is 66.0 Å². The Kier molecular flexibility index (Phi) is 4.71. The number of carbonyl (C=O) groups excluding carboxylic acids is 1. The molecule has 3 rings (SSSR count). The SMILES string of the molecule is Cc1cc(C)n(C[C@H]2CCCN2C(=O)[C@@H](C)c2c(C)nn(C)c2C)n1. The van der Waals surface area contributed by atoms with E-state index in [9.17, 15) is 4.79 Å². The molecule has 0 saturated carbocycles. The summed E-state index contributed by atoms with van der Waals surface area (Å²) < 4.78 is 3.91. The van der Waals surface area contributed by atoms with E-state index in [1.165, 1.54) is 0 Å². The summed E-state index contributed by atoms with van der Waals surface area (Å²) in [7, 11) is 1.94. The van der Waals surface area contributed by atoms with Crippen molar-refractivity contribution in [1.29, 1.82) is 0 Å². The minimum atomic E-state index is -0.158. The van der Waals surface area contributed by atoms with E-state index in [4.69, 9.17) is 0 Å². The highest BCUT2D eigenvalue weighted by Gasteiger charge is 2.34. The Labute approximate surface area is 149 Å². The van der Waals surface area contributed by atoms with Gasteiger partial charge in [-0.1, -0.05) is 0 Å². The van der Waals surface area contributed by atoms with Crippen LogP contribution >= 0.6 is 0 Å². The fourth-order valence-electron chi connectivity index (χ4n) is 4.16. The zero-order valence-electron chi connectivity index (χ0n) is 16.2. The topological polar surface area (TPSA) is 56.0 Å². The Morgan fingerprint density at radius 1 is 1.28 bits per heavy atom. The molecule has 1 fully saturated rings. The second-order valence-corrected chi connectivity index (χ2v) is 7.37. The van der Waals surface area contributed by atoms with Crippen molar-refractivity contribution in [3.05, 3.63) is 34.4 Å². The maximum Gasteiger partial charge on any atom is 0.230 e. The van der Waals surface area contributed by atoms with Gasteiger partial charge in [0.2, 0.25) is 5.91 Å². The van der Waals surface area contributed by atoms with Crippen LogP contribution in [0.1, 0.15) is 54.0 Å². The van der Waals surface area contributed by atoms with Gasteiger partial charge < -0.3 is 4.90 Å². The van der Waals surface area contributed by atoms with Crippen molar-refractivity contribution in [1.82, 2.24) is 24.5 Å². The van der Waals surface area contributed by atoms with Crippen molar-refractivity contribution in [2.24, 2.45) is 7.05 Å². The second kappa shape index (κ2) is 6.65. The highest BCUT2D eigenvalue weighted by molar-refractivity contribution is 5.84. The highest BCUT2D eigenvalue weighted by atomic mass is 16.2. The van der Waals surface area contributed by atoms with Gasteiger partial charge in [-0.25, -0.2) is 0 Å². The molecule has 0 N–H and O–H groups in total. The van der Waals surface area contributed by atoms with Crippen LogP contribution in [-0.2, 0) is 18.4 Å². The molecule has 136 valence electrons. The predicted octanol–water partition coefficient (Wildman–Crippen LogP) is 2.64. The van der Waals surface area contributed by atoms with Gasteiger partial charge in [-0.3, -0.25) is 14.2 Å². The quantitative estimate of drug-likeness (QED) is 0.857. The van der Waals surface area contributed by atoms with Crippen molar-refractivity contribution in [3.8, 4) is 0 Å². The van der Waals surface area contributed by atoms with E-state index in [1.807, 2.05) is 44.1 Å². The number of hydrogen-bond donors (Lipinski definition) is 0. The summed E-state index contributed by atoms with van der Waals surface area (Å²) >= 11 is 0. The van der Waals surface area contributed by atoms with Crippen LogP contribution in [-0.4, -0.2) is 43.0 Å². The van der Waals surface area contributed by atoms with Gasteiger partial charge in [-0.05, 0) is 53.5 Å². The summed E-state index contributed by atoms with van der Waals surface area (Å²) in [5, 5.41) is 9.04. The molecular weight excluding hydrogens is 314 g/mol. The molecule has 0 unspecified atom stereocenters. The molecular formula is C19H29N5O. The van der Waals surface area contributed by atoms with Gasteiger partial charge in [0.1, 0.15) is 0 Å². The Hall–Kier alpha value is -2.11. The van der Waals surface area contributed by atoms with Crippen LogP contribution < -0.4 is 0 Å². The van der Waals surface area contributed by atoms with E-state index >= 15 is 0 Å². The molecule has 0 radical (unpaired) electrons. The molecule has 1 amide bonds. The number of likely N-dealkylation sites (tertiary alicyclic amines) is 1. The van der Waals surface area contributed by atoms with E-state index in [0.717, 1.165) is 54.3 Å². The predicted molar refractivity (Wildman–Crippen MR) is 97.5 cm³/mol. The largest absolute Gasteiger partial charge is 0.337 e. The molecule has 0 bridgehead atoms. The molecule has 25 heavy (non-hydrogen) atoms. The summed E-state index contributed by atoms with van der Waals surface area (Å²) in [5.41, 5.74) is 5.29. The summed E-state index contributed by atoms with van der Waals surface area (Å²) in [6, 6.07) is 2.32. The number of hydrogen-bond acceptors (Lipinski definition) is 3. The monoisotopic (exact) mass is 343 g/mol. The maximum absolute atomic E-state index is 13.2. The van der Waals surface area contributed by atoms with Gasteiger partial charge in [0.05, 0.1) is 29.9 Å². The van der Waals surface area contributed by atoms with Crippen LogP contribution in [0.2, 0.25) is 0 Å². The van der Waals surface area contributed by atoms with Crippen LogP contribution in [0.25, 0.3) is 0 Å². The lowest BCUT2D eigenvalue weighted by Crippen LogP contribution is -2.40. The Bertz CT molecular complexity index is 788. The smallest absolute Gasteiger partial charge is 0.230 e. The fraction of sp³-hybridized carbons (Fsp3) is 0.632. The number of amides is 1. The van der Waals surface area contributed by atoms with E-state index < -0.39 is 0 Å². The van der Waals surface area contributed by atoms with Gasteiger partial charge in [0.15, 0.2) is 0 Å². The normalized spacial score (nSPS) is 18.8. The molecule has 6 heteroatoms. The maximum atomic E-state index is 13.2. The molecule has 1 saturated heterocycles. The number of nitrogens with zero attached hydrogens (tertiary/aromatic N) is 5. The van der Waals surface area contributed by atoms with Gasteiger partial charge in [0.25, 0.3) is 0 Å². The van der Waals surface area contributed by atoms with Crippen LogP contribution in [0.4, 0.5) is 0 Å². The average molecular weight is 343 g/mol. The van der Waals surface area contributed by atoms with E-state index in [0.29, 0.717) is 0 Å². The molecule has 1 aliphatic rings. The number of aryl methyl sites for hydroxylation is 4. The summed E-state index contributed by atoms with van der Waals surface area (Å²) in [4.78, 5) is 15.3. The Morgan fingerprint density at radius 2 is 2.00 bits per heavy atom. The first-order valence-corrected chi connectivity index (χ1v) is 9.11. The van der Waals surface area contributed by atoms with E-state index in [2.05, 4.69) is 28.1 Å². The zero-order chi connectivity index (χ0) is 18.3. The van der Waals surface area contributed by atoms with Gasteiger partial charge in [0, 0.05) is 30.5 Å². The minimum Gasteiger partial charge on any atom is -0.337 e. The Morgan fingerprint density at radius 3 is 2.56 bits per heavy atom. The third kappa shape index (κ3) is 3.22. The lowest BCUT2D eigenvalue weighted by Gasteiger charge is -2.28. The third-order valence-electron chi connectivity index (χ3n) is 5.52. The van der Waals surface area contributed by atoms with Crippen molar-refractivity contribution < 1.29 is 4.79 Å². The first-order valence-electron chi connectivity index (χ1n) is 9.11. The van der Waals surface area contributed by atoms with Crippen LogP contribution in [0.5, 0.6) is 0 Å². The summed E-state index contributed by atoms with van der Waals surface area (Å²) in [6.07, 6.45) is 2.11. The molecule has 0 aliphatic carbocycles. The van der Waals surface area contributed by atoms with Gasteiger partial charge in [-0.2, -0.15) is 10.2 Å². The van der Waals surface area contributed by atoms with Crippen molar-refractivity contribution >= 4 is 5.91 Å². The first-order chi connectivity index (χ1) is 11.8. The fourth-order valence-corrected chi connectivity index (χ4v) is 4.16. The van der Waals surface area contributed by atoms with E-state index in [-0.39, 0.29) is 17.9 Å². The lowest BCUT2D eigenvalue weighted by atomic mass is 9.97.